The van der Waals surface area contributed by atoms with E-state index < -0.39 is 17.3 Å². The van der Waals surface area contributed by atoms with Crippen molar-refractivity contribution in [3.8, 4) is 0 Å². The van der Waals surface area contributed by atoms with Crippen LogP contribution >= 0.6 is 15.9 Å². The number of rotatable bonds is 4. The second kappa shape index (κ2) is 7.51. The Morgan fingerprint density at radius 1 is 1.29 bits per heavy atom. The summed E-state index contributed by atoms with van der Waals surface area (Å²) in [5.74, 6) is -1.35. The molecule has 7 nitrogen and oxygen atoms in total. The Hall–Kier alpha value is -2.61. The maximum absolute atomic E-state index is 13.6. The summed E-state index contributed by atoms with van der Waals surface area (Å²) in [5.41, 5.74) is 5.25. The number of halogens is 1. The molecule has 0 saturated heterocycles. The molecule has 0 radical (unpaired) electrons. The minimum Gasteiger partial charge on any atom is -0.462 e. The molecule has 2 aliphatic heterocycles. The maximum atomic E-state index is 13.6. The van der Waals surface area contributed by atoms with Crippen molar-refractivity contribution in [2.75, 3.05) is 11.9 Å². The van der Waals surface area contributed by atoms with Gasteiger partial charge >= 0.3 is 5.97 Å². The zero-order chi connectivity index (χ0) is 22.6. The van der Waals surface area contributed by atoms with Crippen LogP contribution in [0.1, 0.15) is 52.0 Å². The van der Waals surface area contributed by atoms with Gasteiger partial charge in [-0.05, 0) is 30.0 Å². The summed E-state index contributed by atoms with van der Waals surface area (Å²) in [6.07, 6.45) is 2.15. The first-order chi connectivity index (χ1) is 14.6. The number of Topliss-reactive ketones (excluding diaryl/α,β-unsaturated/α-hetero) is 1. The summed E-state index contributed by atoms with van der Waals surface area (Å²) >= 11 is 3.44. The number of amides is 1. The van der Waals surface area contributed by atoms with Crippen molar-refractivity contribution < 1.29 is 23.9 Å². The highest BCUT2D eigenvalue weighted by molar-refractivity contribution is 9.10. The van der Waals surface area contributed by atoms with Gasteiger partial charge < -0.3 is 20.5 Å². The van der Waals surface area contributed by atoms with Crippen LogP contribution in [0.3, 0.4) is 0 Å². The Bertz CT molecular complexity index is 1070. The van der Waals surface area contributed by atoms with Crippen molar-refractivity contribution in [3.63, 3.8) is 0 Å². The highest BCUT2D eigenvalue weighted by Crippen LogP contribution is 2.56. The number of unbranched alkanes of at least 4 members (excludes halogenated alkanes) is 1. The Balaban J connectivity index is 1.98. The molecule has 3 aliphatic rings. The highest BCUT2D eigenvalue weighted by Gasteiger charge is 2.62. The van der Waals surface area contributed by atoms with Gasteiger partial charge in [0.25, 0.3) is 0 Å². The minimum absolute atomic E-state index is 0.134. The lowest BCUT2D eigenvalue weighted by atomic mass is 9.62. The van der Waals surface area contributed by atoms with E-state index in [4.69, 9.17) is 15.2 Å². The average molecular weight is 489 g/mol. The fourth-order valence-electron chi connectivity index (χ4n) is 4.67. The van der Waals surface area contributed by atoms with Crippen LogP contribution in [0.2, 0.25) is 0 Å². The molecule has 1 aliphatic carbocycles. The Labute approximate surface area is 189 Å². The first-order valence-electron chi connectivity index (χ1n) is 10.4. The second-order valence-corrected chi connectivity index (χ2v) is 9.88. The van der Waals surface area contributed by atoms with Crippen LogP contribution in [0, 0.1) is 5.41 Å². The number of fused-ring (bicyclic) bond motifs is 3. The molecule has 0 bridgehead atoms. The molecule has 3 N–H and O–H groups in total. The average Bonchev–Trinajstić information content (AvgIpc) is 2.92. The molecular formula is C23H25BrN2O5. The normalized spacial score (nSPS) is 24.0. The van der Waals surface area contributed by atoms with Crippen molar-refractivity contribution in [3.05, 3.63) is 51.0 Å². The number of nitrogens with two attached hydrogens (primary N) is 1. The Morgan fingerprint density at radius 3 is 2.74 bits per heavy atom. The summed E-state index contributed by atoms with van der Waals surface area (Å²) in [6.45, 7) is 6.07. The fourth-order valence-corrected chi connectivity index (χ4v) is 5.03. The van der Waals surface area contributed by atoms with Crippen LogP contribution in [0.5, 0.6) is 0 Å². The molecular weight excluding hydrogens is 464 g/mol. The van der Waals surface area contributed by atoms with Gasteiger partial charge in [-0.3, -0.25) is 9.59 Å². The standard InChI is InChI=1S/C23H25BrN2O5/c1-4-5-8-30-20(28)18-19(25)31-16-11-22(2,3)10-15(27)17(16)23(18)13-9-12(24)6-7-14(13)26-21(23)29/h6-7,9H,4-5,8,10-11,25H2,1-3H3,(H,26,29)/t23-/m1/s1. The number of hydrogen-bond donors (Lipinski definition) is 2. The third kappa shape index (κ3) is 3.28. The summed E-state index contributed by atoms with van der Waals surface area (Å²) in [6, 6.07) is 5.25. The number of nitrogens with one attached hydrogen (secondary N) is 1. The van der Waals surface area contributed by atoms with E-state index in [2.05, 4.69) is 21.2 Å². The Kier molecular flexibility index (Phi) is 5.24. The van der Waals surface area contributed by atoms with Crippen molar-refractivity contribution >= 4 is 39.3 Å². The predicted octanol–water partition coefficient (Wildman–Crippen LogP) is 3.83. The zero-order valence-corrected chi connectivity index (χ0v) is 19.4. The van der Waals surface area contributed by atoms with Crippen molar-refractivity contribution in [2.24, 2.45) is 11.1 Å². The first-order valence-corrected chi connectivity index (χ1v) is 11.1. The largest absolute Gasteiger partial charge is 0.462 e. The Morgan fingerprint density at radius 2 is 2.03 bits per heavy atom. The molecule has 1 aromatic rings. The maximum Gasteiger partial charge on any atom is 0.341 e. The van der Waals surface area contributed by atoms with Gasteiger partial charge in [-0.1, -0.05) is 43.1 Å². The monoisotopic (exact) mass is 488 g/mol. The van der Waals surface area contributed by atoms with Crippen LogP contribution < -0.4 is 11.1 Å². The van der Waals surface area contributed by atoms with Crippen molar-refractivity contribution in [1.82, 2.24) is 0 Å². The van der Waals surface area contributed by atoms with Gasteiger partial charge in [-0.25, -0.2) is 4.79 Å². The van der Waals surface area contributed by atoms with Gasteiger partial charge in [0.2, 0.25) is 11.8 Å². The lowest BCUT2D eigenvalue weighted by Crippen LogP contribution is -2.50. The molecule has 1 aromatic carbocycles. The number of carbonyl (C=O) groups is 3. The quantitative estimate of drug-likeness (QED) is 0.492. The van der Waals surface area contributed by atoms with Gasteiger partial charge in [0.05, 0.1) is 12.2 Å². The van der Waals surface area contributed by atoms with E-state index in [0.29, 0.717) is 34.3 Å². The molecule has 2 heterocycles. The number of hydrogen-bond acceptors (Lipinski definition) is 6. The van der Waals surface area contributed by atoms with E-state index in [-0.39, 0.29) is 41.3 Å². The van der Waals surface area contributed by atoms with E-state index in [1.807, 2.05) is 20.8 Å². The smallest absolute Gasteiger partial charge is 0.341 e. The van der Waals surface area contributed by atoms with Crippen molar-refractivity contribution in [2.45, 2.75) is 51.9 Å². The molecule has 4 rings (SSSR count). The molecule has 0 unspecified atom stereocenters. The molecule has 0 saturated carbocycles. The SMILES string of the molecule is CCCCOC(=O)C1=C(N)OC2=C(C(=O)CC(C)(C)C2)[C@@]12C(=O)Nc1ccc(Br)cc12. The van der Waals surface area contributed by atoms with Crippen LogP contribution in [0.4, 0.5) is 5.69 Å². The molecule has 1 atom stereocenters. The first kappa shape index (κ1) is 21.6. The van der Waals surface area contributed by atoms with E-state index in [1.54, 1.807) is 18.2 Å². The fraction of sp³-hybridized carbons (Fsp3) is 0.435. The van der Waals surface area contributed by atoms with Gasteiger partial charge in [0.15, 0.2) is 5.78 Å². The lowest BCUT2D eigenvalue weighted by Gasteiger charge is -2.42. The van der Waals surface area contributed by atoms with Gasteiger partial charge in [-0.15, -0.1) is 0 Å². The molecule has 8 heteroatoms. The van der Waals surface area contributed by atoms with Gasteiger partial charge in [0.1, 0.15) is 16.7 Å². The summed E-state index contributed by atoms with van der Waals surface area (Å²) in [5, 5.41) is 2.83. The van der Waals surface area contributed by atoms with E-state index >= 15 is 0 Å². The highest BCUT2D eigenvalue weighted by atomic mass is 79.9. The van der Waals surface area contributed by atoms with Crippen LogP contribution in [-0.2, 0) is 29.3 Å². The number of benzene rings is 1. The molecule has 0 aromatic heterocycles. The summed E-state index contributed by atoms with van der Waals surface area (Å²) < 4.78 is 12.0. The van der Waals surface area contributed by atoms with Crippen molar-refractivity contribution in [1.29, 1.82) is 0 Å². The third-order valence-corrected chi connectivity index (χ3v) is 6.47. The number of ketones is 1. The summed E-state index contributed by atoms with van der Waals surface area (Å²) in [4.78, 5) is 40.3. The zero-order valence-electron chi connectivity index (χ0n) is 17.8. The third-order valence-electron chi connectivity index (χ3n) is 5.98. The van der Waals surface area contributed by atoms with E-state index in [0.717, 1.165) is 6.42 Å². The summed E-state index contributed by atoms with van der Waals surface area (Å²) in [7, 11) is 0. The number of anilines is 1. The minimum atomic E-state index is -1.70. The number of ether oxygens (including phenoxy) is 2. The molecule has 1 amide bonds. The van der Waals surface area contributed by atoms with Crippen LogP contribution in [0.15, 0.2) is 45.5 Å². The molecule has 164 valence electrons. The van der Waals surface area contributed by atoms with Gasteiger partial charge in [-0.2, -0.15) is 0 Å². The number of esters is 1. The predicted molar refractivity (Wildman–Crippen MR) is 118 cm³/mol. The topological polar surface area (TPSA) is 108 Å². The molecule has 1 spiro atoms. The van der Waals surface area contributed by atoms with Crippen LogP contribution in [-0.4, -0.2) is 24.3 Å². The number of carbonyl (C=O) groups excluding carboxylic acids is 3. The second-order valence-electron chi connectivity index (χ2n) is 8.96. The molecule has 31 heavy (non-hydrogen) atoms. The number of allylic oxidation sites excluding steroid dienone is 1. The van der Waals surface area contributed by atoms with Gasteiger partial charge in [0, 0.05) is 28.6 Å². The van der Waals surface area contributed by atoms with E-state index in [9.17, 15) is 14.4 Å². The van der Waals surface area contributed by atoms with E-state index in [1.165, 1.54) is 0 Å². The molecule has 0 fully saturated rings. The van der Waals surface area contributed by atoms with Crippen LogP contribution in [0.25, 0.3) is 0 Å². The lowest BCUT2D eigenvalue weighted by molar-refractivity contribution is -0.141.